The Labute approximate surface area is 156 Å². The molecular weight excluding hydrogens is 354 g/mol. The van der Waals surface area contributed by atoms with Crippen LogP contribution in [-0.4, -0.2) is 42.9 Å². The van der Waals surface area contributed by atoms with Gasteiger partial charge in [0.2, 0.25) is 11.8 Å². The zero-order chi connectivity index (χ0) is 20.0. The minimum absolute atomic E-state index is 0.148. The van der Waals surface area contributed by atoms with Crippen LogP contribution in [0.25, 0.3) is 0 Å². The molecule has 0 atom stereocenters. The number of esters is 1. The summed E-state index contributed by atoms with van der Waals surface area (Å²) in [5.74, 6) is -1.86. The molecule has 0 radical (unpaired) electrons. The molecule has 5 amide bonds. The van der Waals surface area contributed by atoms with Crippen LogP contribution in [-0.2, 0) is 19.1 Å². The minimum Gasteiger partial charge on any atom is -0.452 e. The summed E-state index contributed by atoms with van der Waals surface area (Å²) >= 11 is 0. The van der Waals surface area contributed by atoms with E-state index in [1.165, 1.54) is 24.3 Å². The van der Waals surface area contributed by atoms with Crippen molar-refractivity contribution in [2.45, 2.75) is 26.7 Å². The van der Waals surface area contributed by atoms with Gasteiger partial charge in [-0.3, -0.25) is 24.6 Å². The second-order valence-corrected chi connectivity index (χ2v) is 6.40. The first-order chi connectivity index (χ1) is 12.8. The van der Waals surface area contributed by atoms with E-state index < -0.39 is 24.5 Å². The fraction of sp³-hybridized carbons (Fsp3) is 0.389. The SMILES string of the molecule is CC(C)CNC(=O)NC(=O)COC(=O)c1ccc(N2C(=O)CCC2=O)cc1. The molecule has 0 aromatic heterocycles. The number of ether oxygens (including phenoxy) is 1. The number of hydrogen-bond acceptors (Lipinski definition) is 6. The number of amides is 5. The number of nitrogens with zero attached hydrogens (tertiary/aromatic N) is 1. The summed E-state index contributed by atoms with van der Waals surface area (Å²) in [4.78, 5) is 59.5. The molecule has 1 fully saturated rings. The number of hydrogen-bond donors (Lipinski definition) is 2. The minimum atomic E-state index is -0.765. The molecule has 0 bridgehead atoms. The number of nitrogens with one attached hydrogen (secondary N) is 2. The van der Waals surface area contributed by atoms with E-state index in [1.54, 1.807) is 0 Å². The molecule has 27 heavy (non-hydrogen) atoms. The summed E-state index contributed by atoms with van der Waals surface area (Å²) in [6.07, 6.45) is 0.338. The molecule has 1 saturated heterocycles. The van der Waals surface area contributed by atoms with Gasteiger partial charge in [0, 0.05) is 19.4 Å². The predicted octanol–water partition coefficient (Wildman–Crippen LogP) is 0.979. The van der Waals surface area contributed by atoms with Crippen molar-refractivity contribution in [1.29, 1.82) is 0 Å². The summed E-state index contributed by atoms with van der Waals surface area (Å²) in [7, 11) is 0. The monoisotopic (exact) mass is 375 g/mol. The van der Waals surface area contributed by atoms with Gasteiger partial charge in [0.1, 0.15) is 0 Å². The van der Waals surface area contributed by atoms with Crippen LogP contribution in [0.4, 0.5) is 10.5 Å². The second kappa shape index (κ2) is 8.93. The normalized spacial score (nSPS) is 13.7. The second-order valence-electron chi connectivity index (χ2n) is 6.40. The Bertz CT molecular complexity index is 741. The molecule has 1 heterocycles. The Morgan fingerprint density at radius 2 is 1.67 bits per heavy atom. The van der Waals surface area contributed by atoms with Crippen LogP contribution >= 0.6 is 0 Å². The maximum Gasteiger partial charge on any atom is 0.338 e. The number of urea groups is 1. The standard InChI is InChI=1S/C18H21N3O6/c1-11(2)9-19-18(26)20-14(22)10-27-17(25)12-3-5-13(6-4-12)21-15(23)7-8-16(21)24/h3-6,11H,7-10H2,1-2H3,(H2,19,20,22,26). The molecule has 1 aromatic carbocycles. The first kappa shape index (κ1) is 20.1. The molecule has 1 aliphatic heterocycles. The molecule has 0 unspecified atom stereocenters. The third-order valence-corrected chi connectivity index (χ3v) is 3.67. The Hall–Kier alpha value is -3.23. The Morgan fingerprint density at radius 1 is 1.07 bits per heavy atom. The fourth-order valence-corrected chi connectivity index (χ4v) is 2.33. The first-order valence-electron chi connectivity index (χ1n) is 8.48. The highest BCUT2D eigenvalue weighted by Gasteiger charge is 2.30. The zero-order valence-electron chi connectivity index (χ0n) is 15.1. The van der Waals surface area contributed by atoms with Gasteiger partial charge in [-0.15, -0.1) is 0 Å². The van der Waals surface area contributed by atoms with Crippen LogP contribution in [0.2, 0.25) is 0 Å². The highest BCUT2D eigenvalue weighted by atomic mass is 16.5. The van der Waals surface area contributed by atoms with E-state index in [1.807, 2.05) is 13.8 Å². The summed E-state index contributed by atoms with van der Waals surface area (Å²) in [6.45, 7) is 3.61. The summed E-state index contributed by atoms with van der Waals surface area (Å²) < 4.78 is 4.85. The lowest BCUT2D eigenvalue weighted by atomic mass is 10.2. The molecule has 2 rings (SSSR count). The quantitative estimate of drug-likeness (QED) is 0.565. The van der Waals surface area contributed by atoms with Crippen molar-refractivity contribution < 1.29 is 28.7 Å². The fourth-order valence-electron chi connectivity index (χ4n) is 2.33. The van der Waals surface area contributed by atoms with Crippen LogP contribution in [0.15, 0.2) is 24.3 Å². The molecule has 9 heteroatoms. The summed E-state index contributed by atoms with van der Waals surface area (Å²) in [5.41, 5.74) is 0.522. The molecule has 144 valence electrons. The van der Waals surface area contributed by atoms with Crippen LogP contribution in [0, 0.1) is 5.92 Å². The van der Waals surface area contributed by atoms with Crippen molar-refractivity contribution in [2.24, 2.45) is 5.92 Å². The van der Waals surface area contributed by atoms with E-state index in [0.29, 0.717) is 12.2 Å². The Morgan fingerprint density at radius 3 is 2.22 bits per heavy atom. The Balaban J connectivity index is 1.84. The maximum atomic E-state index is 12.0. The average molecular weight is 375 g/mol. The van der Waals surface area contributed by atoms with Gasteiger partial charge < -0.3 is 10.1 Å². The molecule has 0 aliphatic carbocycles. The predicted molar refractivity (Wildman–Crippen MR) is 94.8 cm³/mol. The summed E-state index contributed by atoms with van der Waals surface area (Å²) in [5, 5.41) is 4.55. The van der Waals surface area contributed by atoms with Crippen LogP contribution in [0.1, 0.15) is 37.0 Å². The number of carbonyl (C=O) groups is 5. The van der Waals surface area contributed by atoms with Gasteiger partial charge in [0.05, 0.1) is 11.3 Å². The molecule has 1 aliphatic rings. The number of benzene rings is 1. The third kappa shape index (κ3) is 5.63. The number of anilines is 1. The molecular formula is C18H21N3O6. The lowest BCUT2D eigenvalue weighted by Gasteiger charge is -2.14. The zero-order valence-corrected chi connectivity index (χ0v) is 15.1. The van der Waals surface area contributed by atoms with Gasteiger partial charge >= 0.3 is 12.0 Å². The third-order valence-electron chi connectivity index (χ3n) is 3.67. The van der Waals surface area contributed by atoms with Crippen molar-refractivity contribution in [3.63, 3.8) is 0 Å². The number of rotatable bonds is 6. The van der Waals surface area contributed by atoms with Gasteiger partial charge in [-0.25, -0.2) is 9.59 Å². The molecule has 9 nitrogen and oxygen atoms in total. The van der Waals surface area contributed by atoms with E-state index >= 15 is 0 Å². The van der Waals surface area contributed by atoms with E-state index in [9.17, 15) is 24.0 Å². The maximum absolute atomic E-state index is 12.0. The first-order valence-corrected chi connectivity index (χ1v) is 8.48. The van der Waals surface area contributed by atoms with Crippen molar-refractivity contribution in [3.05, 3.63) is 29.8 Å². The molecule has 2 N–H and O–H groups in total. The summed E-state index contributed by atoms with van der Waals surface area (Å²) in [6, 6.07) is 5.04. The van der Waals surface area contributed by atoms with Crippen LogP contribution in [0.3, 0.4) is 0 Å². The van der Waals surface area contributed by atoms with Gasteiger partial charge in [-0.1, -0.05) is 13.8 Å². The average Bonchev–Trinajstić information content (AvgIpc) is 2.96. The van der Waals surface area contributed by atoms with Gasteiger partial charge in [-0.2, -0.15) is 0 Å². The molecule has 0 saturated carbocycles. The number of imide groups is 2. The van der Waals surface area contributed by atoms with Crippen molar-refractivity contribution in [2.75, 3.05) is 18.1 Å². The van der Waals surface area contributed by atoms with E-state index in [2.05, 4.69) is 10.6 Å². The Kier molecular flexibility index (Phi) is 6.64. The largest absolute Gasteiger partial charge is 0.452 e. The van der Waals surface area contributed by atoms with Crippen LogP contribution in [0.5, 0.6) is 0 Å². The van der Waals surface area contributed by atoms with E-state index in [-0.39, 0.29) is 36.1 Å². The van der Waals surface area contributed by atoms with E-state index in [0.717, 1.165) is 4.90 Å². The van der Waals surface area contributed by atoms with E-state index in [4.69, 9.17) is 4.74 Å². The van der Waals surface area contributed by atoms with Gasteiger partial charge in [-0.05, 0) is 30.2 Å². The molecule has 0 spiro atoms. The van der Waals surface area contributed by atoms with Gasteiger partial charge in [0.25, 0.3) is 5.91 Å². The highest BCUT2D eigenvalue weighted by molar-refractivity contribution is 6.19. The van der Waals surface area contributed by atoms with Crippen molar-refractivity contribution in [3.8, 4) is 0 Å². The lowest BCUT2D eigenvalue weighted by Crippen LogP contribution is -2.42. The highest BCUT2D eigenvalue weighted by Crippen LogP contribution is 2.22. The lowest BCUT2D eigenvalue weighted by molar-refractivity contribution is -0.123. The van der Waals surface area contributed by atoms with Crippen LogP contribution < -0.4 is 15.5 Å². The molecule has 1 aromatic rings. The topological polar surface area (TPSA) is 122 Å². The van der Waals surface area contributed by atoms with Crippen molar-refractivity contribution >= 4 is 35.4 Å². The van der Waals surface area contributed by atoms with Gasteiger partial charge in [0.15, 0.2) is 6.61 Å². The smallest absolute Gasteiger partial charge is 0.338 e. The number of carbonyl (C=O) groups excluding carboxylic acids is 5. The van der Waals surface area contributed by atoms with Crippen molar-refractivity contribution in [1.82, 2.24) is 10.6 Å².